The van der Waals surface area contributed by atoms with Crippen LogP contribution in [0.25, 0.3) is 0 Å². The van der Waals surface area contributed by atoms with Gasteiger partial charge in [0.2, 0.25) is 0 Å². The van der Waals surface area contributed by atoms with Gasteiger partial charge in [0.05, 0.1) is 12.2 Å². The summed E-state index contributed by atoms with van der Waals surface area (Å²) >= 11 is 0. The van der Waals surface area contributed by atoms with E-state index in [1.807, 2.05) is 0 Å². The van der Waals surface area contributed by atoms with Crippen LogP contribution in [-0.2, 0) is 0 Å². The number of carboxylic acid groups (broad SMARTS) is 1. The lowest BCUT2D eigenvalue weighted by Crippen LogP contribution is -1.99. The molecule has 130 valence electrons. The molecule has 0 heterocycles. The van der Waals surface area contributed by atoms with E-state index < -0.39 is 5.97 Å². The Bertz CT molecular complexity index is 421. The summed E-state index contributed by atoms with van der Waals surface area (Å²) in [6.07, 6.45) is 11.6. The van der Waals surface area contributed by atoms with E-state index in [1.54, 1.807) is 24.3 Å². The van der Waals surface area contributed by atoms with E-state index in [2.05, 4.69) is 13.8 Å². The highest BCUT2D eigenvalue weighted by Crippen LogP contribution is 2.18. The van der Waals surface area contributed by atoms with Gasteiger partial charge in [-0.3, -0.25) is 0 Å². The fraction of sp³-hybridized carbons (Fsp3) is 0.650. The molecule has 3 heteroatoms. The zero-order valence-corrected chi connectivity index (χ0v) is 14.7. The van der Waals surface area contributed by atoms with Gasteiger partial charge in [-0.05, 0) is 36.6 Å². The summed E-state index contributed by atoms with van der Waals surface area (Å²) in [6.45, 7) is 5.30. The number of carboxylic acids is 1. The topological polar surface area (TPSA) is 46.5 Å². The molecule has 0 spiro atoms. The number of unbranched alkanes of at least 4 members (excludes halogenated alkanes) is 5. The van der Waals surface area contributed by atoms with Crippen molar-refractivity contribution in [1.82, 2.24) is 0 Å². The third kappa shape index (κ3) is 8.63. The van der Waals surface area contributed by atoms with Crippen LogP contribution >= 0.6 is 0 Å². The van der Waals surface area contributed by atoms with Gasteiger partial charge in [-0.15, -0.1) is 0 Å². The first-order chi connectivity index (χ1) is 11.2. The lowest BCUT2D eigenvalue weighted by molar-refractivity contribution is 0.0697. The number of hydrogen-bond acceptors (Lipinski definition) is 2. The maximum absolute atomic E-state index is 10.8. The Balaban J connectivity index is 1.98. The van der Waals surface area contributed by atoms with E-state index in [4.69, 9.17) is 9.84 Å². The van der Waals surface area contributed by atoms with Gasteiger partial charge in [0.25, 0.3) is 0 Å². The van der Waals surface area contributed by atoms with Gasteiger partial charge in [-0.25, -0.2) is 4.79 Å². The Morgan fingerprint density at radius 3 is 2.09 bits per heavy atom. The zero-order chi connectivity index (χ0) is 16.9. The minimum Gasteiger partial charge on any atom is -0.494 e. The van der Waals surface area contributed by atoms with Crippen molar-refractivity contribution in [2.75, 3.05) is 6.61 Å². The molecule has 1 rings (SSSR count). The molecule has 0 unspecified atom stereocenters. The van der Waals surface area contributed by atoms with E-state index in [0.717, 1.165) is 18.1 Å². The van der Waals surface area contributed by atoms with Gasteiger partial charge in [0.15, 0.2) is 0 Å². The van der Waals surface area contributed by atoms with Crippen LogP contribution in [0, 0.1) is 5.92 Å². The summed E-state index contributed by atoms with van der Waals surface area (Å²) in [5.74, 6) is 0.775. The summed E-state index contributed by atoms with van der Waals surface area (Å²) in [7, 11) is 0. The van der Waals surface area contributed by atoms with Crippen LogP contribution in [0.15, 0.2) is 24.3 Å². The summed E-state index contributed by atoms with van der Waals surface area (Å²) in [5.41, 5.74) is 0.297. The van der Waals surface area contributed by atoms with Crippen molar-refractivity contribution in [3.8, 4) is 5.75 Å². The predicted molar refractivity (Wildman–Crippen MR) is 95.3 cm³/mol. The Kier molecular flexibility index (Phi) is 10.2. The highest BCUT2D eigenvalue weighted by molar-refractivity contribution is 5.87. The number of carbonyl (C=O) groups is 1. The third-order valence-corrected chi connectivity index (χ3v) is 4.53. The molecule has 1 aromatic carbocycles. The third-order valence-electron chi connectivity index (χ3n) is 4.53. The van der Waals surface area contributed by atoms with Crippen molar-refractivity contribution in [2.24, 2.45) is 5.92 Å². The molecule has 0 aromatic heterocycles. The quantitative estimate of drug-likeness (QED) is 0.458. The first-order valence-electron chi connectivity index (χ1n) is 9.13. The van der Waals surface area contributed by atoms with Crippen molar-refractivity contribution in [3.63, 3.8) is 0 Å². The smallest absolute Gasteiger partial charge is 0.335 e. The largest absolute Gasteiger partial charge is 0.494 e. The molecule has 0 radical (unpaired) electrons. The molecule has 0 saturated carbocycles. The molecule has 0 fully saturated rings. The number of rotatable bonds is 13. The van der Waals surface area contributed by atoms with Crippen molar-refractivity contribution in [2.45, 2.75) is 71.6 Å². The van der Waals surface area contributed by atoms with Gasteiger partial charge >= 0.3 is 5.97 Å². The minimum atomic E-state index is -0.902. The Morgan fingerprint density at radius 2 is 1.52 bits per heavy atom. The molecular formula is C20H32O3. The highest BCUT2D eigenvalue weighted by Gasteiger charge is 2.03. The molecule has 0 aliphatic heterocycles. The van der Waals surface area contributed by atoms with Crippen molar-refractivity contribution >= 4 is 5.97 Å². The average Bonchev–Trinajstić information content (AvgIpc) is 2.57. The van der Waals surface area contributed by atoms with Crippen molar-refractivity contribution < 1.29 is 14.6 Å². The fourth-order valence-corrected chi connectivity index (χ4v) is 2.82. The van der Waals surface area contributed by atoms with Crippen LogP contribution in [-0.4, -0.2) is 17.7 Å². The molecule has 3 nitrogen and oxygen atoms in total. The number of hydrogen-bond donors (Lipinski definition) is 1. The van der Waals surface area contributed by atoms with Crippen LogP contribution < -0.4 is 4.74 Å². The molecule has 23 heavy (non-hydrogen) atoms. The number of benzene rings is 1. The molecule has 1 aromatic rings. The standard InChI is InChI=1S/C20H32O3/c1-3-17(4-2)11-9-7-5-6-8-10-16-23-19-14-12-18(13-15-19)20(21)22/h12-15,17H,3-11,16H2,1-2H3,(H,21,22). The van der Waals surface area contributed by atoms with Gasteiger partial charge in [-0.1, -0.05) is 65.2 Å². The van der Waals surface area contributed by atoms with Crippen LogP contribution in [0.4, 0.5) is 0 Å². The minimum absolute atomic E-state index is 0.297. The van der Waals surface area contributed by atoms with Gasteiger partial charge in [0.1, 0.15) is 5.75 Å². The second-order valence-electron chi connectivity index (χ2n) is 6.27. The lowest BCUT2D eigenvalue weighted by Gasteiger charge is -2.11. The molecule has 0 amide bonds. The molecule has 0 aliphatic rings. The summed E-state index contributed by atoms with van der Waals surface area (Å²) < 4.78 is 5.64. The Labute approximate surface area is 141 Å². The fourth-order valence-electron chi connectivity index (χ4n) is 2.82. The van der Waals surface area contributed by atoms with E-state index in [1.165, 1.54) is 51.4 Å². The molecule has 0 aliphatic carbocycles. The first kappa shape index (κ1) is 19.5. The molecule has 1 N–H and O–H groups in total. The van der Waals surface area contributed by atoms with Crippen molar-refractivity contribution in [1.29, 1.82) is 0 Å². The SMILES string of the molecule is CCC(CC)CCCCCCCCOc1ccc(C(=O)O)cc1. The zero-order valence-electron chi connectivity index (χ0n) is 14.7. The van der Waals surface area contributed by atoms with E-state index >= 15 is 0 Å². The van der Waals surface area contributed by atoms with E-state index in [9.17, 15) is 4.79 Å². The second-order valence-corrected chi connectivity index (χ2v) is 6.27. The van der Waals surface area contributed by atoms with Crippen LogP contribution in [0.5, 0.6) is 5.75 Å². The first-order valence-corrected chi connectivity index (χ1v) is 9.13. The molecule has 0 bridgehead atoms. The Hall–Kier alpha value is -1.51. The van der Waals surface area contributed by atoms with E-state index in [-0.39, 0.29) is 0 Å². The monoisotopic (exact) mass is 320 g/mol. The lowest BCUT2D eigenvalue weighted by atomic mass is 9.96. The highest BCUT2D eigenvalue weighted by atomic mass is 16.5. The average molecular weight is 320 g/mol. The number of ether oxygens (including phenoxy) is 1. The molecule has 0 saturated heterocycles. The van der Waals surface area contributed by atoms with E-state index in [0.29, 0.717) is 12.2 Å². The van der Waals surface area contributed by atoms with Gasteiger partial charge in [-0.2, -0.15) is 0 Å². The second kappa shape index (κ2) is 12.0. The van der Waals surface area contributed by atoms with Gasteiger partial charge in [0, 0.05) is 0 Å². The summed E-state index contributed by atoms with van der Waals surface area (Å²) in [4.78, 5) is 10.8. The van der Waals surface area contributed by atoms with Crippen LogP contribution in [0.3, 0.4) is 0 Å². The van der Waals surface area contributed by atoms with Gasteiger partial charge < -0.3 is 9.84 Å². The number of aromatic carboxylic acids is 1. The maximum atomic E-state index is 10.8. The van der Waals surface area contributed by atoms with Crippen LogP contribution in [0.2, 0.25) is 0 Å². The molecular weight excluding hydrogens is 288 g/mol. The van der Waals surface area contributed by atoms with Crippen molar-refractivity contribution in [3.05, 3.63) is 29.8 Å². The maximum Gasteiger partial charge on any atom is 0.335 e. The molecule has 0 atom stereocenters. The van der Waals surface area contributed by atoms with Crippen LogP contribution in [0.1, 0.15) is 82.0 Å². The summed E-state index contributed by atoms with van der Waals surface area (Å²) in [5, 5.41) is 8.83. The Morgan fingerprint density at radius 1 is 0.957 bits per heavy atom. The normalized spacial score (nSPS) is 10.9. The predicted octanol–water partition coefficient (Wildman–Crippen LogP) is 5.93. The summed E-state index contributed by atoms with van der Waals surface area (Å²) in [6, 6.07) is 6.61.